The van der Waals surface area contributed by atoms with E-state index < -0.39 is 0 Å². The van der Waals surface area contributed by atoms with E-state index in [0.717, 1.165) is 12.3 Å². The van der Waals surface area contributed by atoms with Crippen LogP contribution in [0.1, 0.15) is 37.9 Å². The van der Waals surface area contributed by atoms with Gasteiger partial charge in [0.1, 0.15) is 13.2 Å². The van der Waals surface area contributed by atoms with Crippen LogP contribution in [0.25, 0.3) is 10.9 Å². The molecule has 2 aromatic rings. The van der Waals surface area contributed by atoms with Gasteiger partial charge in [-0.2, -0.15) is 5.26 Å². The Bertz CT molecular complexity index is 943. The molecular weight excluding hydrogens is 330 g/mol. The highest BCUT2D eigenvalue weighted by Crippen LogP contribution is 2.49. The summed E-state index contributed by atoms with van der Waals surface area (Å²) < 4.78 is 6.70. The van der Waals surface area contributed by atoms with Crippen LogP contribution in [0.15, 0.2) is 29.1 Å². The largest absolute Gasteiger partial charge is 0.457 e. The van der Waals surface area contributed by atoms with E-state index in [1.54, 1.807) is 24.3 Å². The molecule has 4 rings (SSSR count). The summed E-state index contributed by atoms with van der Waals surface area (Å²) in [5.41, 5.74) is 0.266. The summed E-state index contributed by atoms with van der Waals surface area (Å²) in [7, 11) is 0. The number of fused-ring (bicyclic) bond motifs is 3. The molecule has 0 radical (unpaired) electrons. The molecule has 2 aliphatic carbocycles. The summed E-state index contributed by atoms with van der Waals surface area (Å²) in [5, 5.41) is 9.48. The Morgan fingerprint density at radius 3 is 2.88 bits per heavy atom. The molecule has 0 amide bonds. The van der Waals surface area contributed by atoms with Gasteiger partial charge in [-0.1, -0.05) is 18.6 Å². The second kappa shape index (κ2) is 6.91. The number of rotatable bonds is 5. The van der Waals surface area contributed by atoms with Crippen LogP contribution in [0.2, 0.25) is 0 Å². The van der Waals surface area contributed by atoms with Gasteiger partial charge in [0.15, 0.2) is 5.82 Å². The van der Waals surface area contributed by atoms with Gasteiger partial charge in [0.2, 0.25) is 0 Å². The van der Waals surface area contributed by atoms with Crippen molar-refractivity contribution in [1.29, 1.82) is 5.26 Å². The highest BCUT2D eigenvalue weighted by atomic mass is 16.5. The molecule has 0 saturated heterocycles. The lowest BCUT2D eigenvalue weighted by Crippen LogP contribution is -2.26. The van der Waals surface area contributed by atoms with Crippen molar-refractivity contribution in [3.8, 4) is 6.07 Å². The van der Waals surface area contributed by atoms with Crippen molar-refractivity contribution in [2.75, 3.05) is 0 Å². The van der Waals surface area contributed by atoms with Crippen LogP contribution in [-0.4, -0.2) is 15.5 Å². The molecular formula is C20H21N3O3. The zero-order valence-electron chi connectivity index (χ0n) is 14.6. The third kappa shape index (κ3) is 3.10. The Morgan fingerprint density at radius 1 is 1.31 bits per heavy atom. The average Bonchev–Trinajstić information content (AvgIpc) is 3.26. The van der Waals surface area contributed by atoms with Crippen molar-refractivity contribution < 1.29 is 9.53 Å². The molecule has 1 heterocycles. The molecule has 2 saturated carbocycles. The van der Waals surface area contributed by atoms with Gasteiger partial charge in [0.05, 0.1) is 17.0 Å². The smallest absolute Gasteiger partial charge is 0.306 e. The van der Waals surface area contributed by atoms with E-state index in [1.807, 2.05) is 6.07 Å². The Kier molecular flexibility index (Phi) is 4.46. The van der Waals surface area contributed by atoms with Gasteiger partial charge in [-0.15, -0.1) is 0 Å². The predicted molar refractivity (Wildman–Crippen MR) is 95.0 cm³/mol. The number of ether oxygens (including phenoxy) is 1. The molecule has 1 aromatic carbocycles. The van der Waals surface area contributed by atoms with Crippen molar-refractivity contribution in [2.45, 2.75) is 45.3 Å². The fraction of sp³-hybridized carbons (Fsp3) is 0.500. The second-order valence-corrected chi connectivity index (χ2v) is 7.39. The van der Waals surface area contributed by atoms with E-state index in [1.165, 1.54) is 23.8 Å². The molecule has 6 nitrogen and oxygen atoms in total. The maximum Gasteiger partial charge on any atom is 0.306 e. The molecule has 0 aliphatic heterocycles. The highest BCUT2D eigenvalue weighted by Gasteiger charge is 2.40. The minimum atomic E-state index is -0.281. The standard InChI is InChI=1S/C20H21N3O3/c21-7-8-23-18(22-17-4-2-1-3-16(17)20(23)25)12-26-19(24)11-15-10-13-5-6-14(15)9-13/h1-4,13-15H,5-6,8-12H2/t13-,14-,15+/m1/s1. The van der Waals surface area contributed by atoms with E-state index in [0.29, 0.717) is 35.0 Å². The normalized spacial score (nSPS) is 23.9. The summed E-state index contributed by atoms with van der Waals surface area (Å²) in [5.74, 6) is 1.97. The van der Waals surface area contributed by atoms with Crippen molar-refractivity contribution in [3.63, 3.8) is 0 Å². The van der Waals surface area contributed by atoms with Gasteiger partial charge in [-0.05, 0) is 49.1 Å². The highest BCUT2D eigenvalue weighted by molar-refractivity contribution is 5.77. The van der Waals surface area contributed by atoms with Gasteiger partial charge < -0.3 is 4.74 Å². The summed E-state index contributed by atoms with van der Waals surface area (Å²) in [6, 6.07) is 8.97. The summed E-state index contributed by atoms with van der Waals surface area (Å²) >= 11 is 0. The number of hydrogen-bond acceptors (Lipinski definition) is 5. The summed E-state index contributed by atoms with van der Waals surface area (Å²) in [6.45, 7) is -0.197. The fourth-order valence-corrected chi connectivity index (χ4v) is 4.60. The lowest BCUT2D eigenvalue weighted by molar-refractivity contribution is -0.146. The van der Waals surface area contributed by atoms with E-state index in [9.17, 15) is 9.59 Å². The lowest BCUT2D eigenvalue weighted by atomic mass is 9.86. The van der Waals surface area contributed by atoms with E-state index in [2.05, 4.69) is 4.98 Å². The fourth-order valence-electron chi connectivity index (χ4n) is 4.60. The van der Waals surface area contributed by atoms with Gasteiger partial charge in [-0.25, -0.2) is 4.98 Å². The van der Waals surface area contributed by atoms with Crippen LogP contribution >= 0.6 is 0 Å². The topological polar surface area (TPSA) is 85.0 Å². The average molecular weight is 351 g/mol. The van der Waals surface area contributed by atoms with Crippen LogP contribution in [0.4, 0.5) is 0 Å². The summed E-state index contributed by atoms with van der Waals surface area (Å²) in [4.78, 5) is 29.3. The number of nitriles is 1. The molecule has 2 aliphatic rings. The Balaban J connectivity index is 1.49. The monoisotopic (exact) mass is 351 g/mol. The van der Waals surface area contributed by atoms with Crippen LogP contribution in [-0.2, 0) is 22.7 Å². The quantitative estimate of drug-likeness (QED) is 0.773. The molecule has 0 spiro atoms. The third-order valence-corrected chi connectivity index (χ3v) is 5.85. The Morgan fingerprint density at radius 2 is 2.15 bits per heavy atom. The molecule has 2 fully saturated rings. The Labute approximate surface area is 151 Å². The zero-order valence-corrected chi connectivity index (χ0v) is 14.6. The van der Waals surface area contributed by atoms with Gasteiger partial charge >= 0.3 is 5.97 Å². The molecule has 26 heavy (non-hydrogen) atoms. The van der Waals surface area contributed by atoms with Gasteiger partial charge in [0, 0.05) is 6.42 Å². The number of aromatic nitrogens is 2. The molecule has 3 atom stereocenters. The predicted octanol–water partition coefficient (Wildman–Crippen LogP) is 2.79. The SMILES string of the molecule is N#CCn1c(COC(=O)C[C@@H]2C[C@@H]3CC[C@@H]2C3)nc2ccccc2c1=O. The second-order valence-electron chi connectivity index (χ2n) is 7.39. The molecule has 0 unspecified atom stereocenters. The number of benzene rings is 1. The van der Waals surface area contributed by atoms with Crippen molar-refractivity contribution >= 4 is 16.9 Å². The zero-order chi connectivity index (χ0) is 18.1. The van der Waals surface area contributed by atoms with Crippen LogP contribution in [0, 0.1) is 29.1 Å². The first kappa shape index (κ1) is 16.8. The number of nitrogens with zero attached hydrogens (tertiary/aromatic N) is 3. The minimum absolute atomic E-state index is 0.0819. The molecule has 6 heteroatoms. The van der Waals surface area contributed by atoms with Crippen LogP contribution < -0.4 is 5.56 Å². The van der Waals surface area contributed by atoms with Crippen LogP contribution in [0.3, 0.4) is 0 Å². The summed E-state index contributed by atoms with van der Waals surface area (Å²) in [6.07, 6.45) is 5.37. The molecule has 1 aromatic heterocycles. The van der Waals surface area contributed by atoms with E-state index in [-0.39, 0.29) is 24.7 Å². The number of esters is 1. The third-order valence-electron chi connectivity index (χ3n) is 5.85. The maximum atomic E-state index is 12.6. The van der Waals surface area contributed by atoms with Crippen molar-refractivity contribution in [1.82, 2.24) is 9.55 Å². The number of hydrogen-bond donors (Lipinski definition) is 0. The maximum absolute atomic E-state index is 12.6. The number of carbonyl (C=O) groups excluding carboxylic acids is 1. The first-order chi connectivity index (χ1) is 12.7. The first-order valence-electron chi connectivity index (χ1n) is 9.16. The first-order valence-corrected chi connectivity index (χ1v) is 9.16. The molecule has 2 bridgehead atoms. The van der Waals surface area contributed by atoms with Gasteiger partial charge in [-0.3, -0.25) is 14.2 Å². The van der Waals surface area contributed by atoms with Crippen molar-refractivity contribution in [2.24, 2.45) is 17.8 Å². The van der Waals surface area contributed by atoms with E-state index >= 15 is 0 Å². The van der Waals surface area contributed by atoms with Crippen molar-refractivity contribution in [3.05, 3.63) is 40.4 Å². The number of para-hydroxylation sites is 1. The molecule has 134 valence electrons. The van der Waals surface area contributed by atoms with E-state index in [4.69, 9.17) is 10.00 Å². The minimum Gasteiger partial charge on any atom is -0.457 e. The lowest BCUT2D eigenvalue weighted by Gasteiger charge is -2.20. The van der Waals surface area contributed by atoms with Crippen LogP contribution in [0.5, 0.6) is 0 Å². The molecule has 0 N–H and O–H groups in total. The van der Waals surface area contributed by atoms with Gasteiger partial charge in [0.25, 0.3) is 5.56 Å². The Hall–Kier alpha value is -2.68. The number of carbonyl (C=O) groups is 1.